The van der Waals surface area contributed by atoms with Crippen molar-refractivity contribution in [1.29, 1.82) is 0 Å². The number of carbonyl (C=O) groups is 3. The van der Waals surface area contributed by atoms with E-state index in [-0.39, 0.29) is 37.9 Å². The number of benzene rings is 3. The van der Waals surface area contributed by atoms with Crippen LogP contribution in [0.15, 0.2) is 95.7 Å². The number of pyridine rings is 1. The molecule has 1 aromatic heterocycles. The standard InChI is InChI=1S/C31H31BrN4O4/c1-2-17-35-21-24(20-25(32)22-35)30(38)36(26-11-4-3-5-12-26)18-15-29(37)33-16-19-40-31(39)34-28-14-8-10-23-9-6-7-13-27(23)28/h3-14,20-22H,2,15-19H2,1H3,(H-,33,34,37,39)/p+1. The Morgan fingerprint density at radius 2 is 1.70 bits per heavy atom. The molecule has 0 unspecified atom stereocenters. The maximum Gasteiger partial charge on any atom is 0.411 e. The Balaban J connectivity index is 1.29. The highest BCUT2D eigenvalue weighted by Crippen LogP contribution is 2.23. The summed E-state index contributed by atoms with van der Waals surface area (Å²) >= 11 is 3.50. The third kappa shape index (κ3) is 7.89. The monoisotopic (exact) mass is 603 g/mol. The van der Waals surface area contributed by atoms with Crippen molar-refractivity contribution >= 4 is 56.0 Å². The zero-order valence-electron chi connectivity index (χ0n) is 22.3. The molecule has 40 heavy (non-hydrogen) atoms. The number of rotatable bonds is 11. The van der Waals surface area contributed by atoms with Gasteiger partial charge in [-0.25, -0.2) is 9.36 Å². The normalized spacial score (nSPS) is 10.7. The van der Waals surface area contributed by atoms with E-state index in [2.05, 4.69) is 33.5 Å². The number of fused-ring (bicyclic) bond motifs is 1. The summed E-state index contributed by atoms with van der Waals surface area (Å²) in [5.74, 6) is -0.444. The molecule has 0 saturated carbocycles. The van der Waals surface area contributed by atoms with Crippen molar-refractivity contribution in [1.82, 2.24) is 5.32 Å². The van der Waals surface area contributed by atoms with E-state index in [0.717, 1.165) is 28.2 Å². The van der Waals surface area contributed by atoms with Crippen LogP contribution >= 0.6 is 15.9 Å². The van der Waals surface area contributed by atoms with E-state index in [0.29, 0.717) is 16.9 Å². The van der Waals surface area contributed by atoms with E-state index in [1.165, 1.54) is 0 Å². The fraction of sp³-hybridized carbons (Fsp3) is 0.226. The van der Waals surface area contributed by atoms with Crippen molar-refractivity contribution in [3.63, 3.8) is 0 Å². The van der Waals surface area contributed by atoms with Crippen molar-refractivity contribution < 1.29 is 23.7 Å². The lowest BCUT2D eigenvalue weighted by Gasteiger charge is -2.22. The molecular weight excluding hydrogens is 572 g/mol. The number of halogens is 1. The molecule has 0 aliphatic rings. The van der Waals surface area contributed by atoms with Gasteiger partial charge in [0.15, 0.2) is 12.4 Å². The van der Waals surface area contributed by atoms with E-state index in [9.17, 15) is 14.4 Å². The second-order valence-electron chi connectivity index (χ2n) is 9.16. The van der Waals surface area contributed by atoms with E-state index in [1.54, 1.807) is 11.0 Å². The van der Waals surface area contributed by atoms with Crippen LogP contribution in [0.5, 0.6) is 0 Å². The minimum absolute atomic E-state index is 0.0130. The highest BCUT2D eigenvalue weighted by Gasteiger charge is 2.22. The molecular formula is C31H32BrN4O4+. The molecule has 0 saturated heterocycles. The van der Waals surface area contributed by atoms with Crippen molar-refractivity contribution in [2.45, 2.75) is 26.3 Å². The summed E-state index contributed by atoms with van der Waals surface area (Å²) < 4.78 is 8.03. The molecule has 3 aromatic carbocycles. The minimum atomic E-state index is -0.596. The first-order chi connectivity index (χ1) is 19.4. The molecule has 0 radical (unpaired) electrons. The molecule has 0 spiro atoms. The Bertz CT molecular complexity index is 1470. The molecule has 4 aromatic rings. The molecule has 206 valence electrons. The lowest BCUT2D eigenvalue weighted by molar-refractivity contribution is -0.697. The van der Waals surface area contributed by atoms with Gasteiger partial charge < -0.3 is 15.0 Å². The van der Waals surface area contributed by atoms with Gasteiger partial charge in [-0.15, -0.1) is 0 Å². The summed E-state index contributed by atoms with van der Waals surface area (Å²) in [5.41, 5.74) is 1.89. The number of nitrogens with zero attached hydrogens (tertiary/aromatic N) is 2. The Morgan fingerprint density at radius 3 is 2.50 bits per heavy atom. The molecule has 0 aliphatic heterocycles. The Morgan fingerprint density at radius 1 is 0.950 bits per heavy atom. The lowest BCUT2D eigenvalue weighted by Crippen LogP contribution is -2.39. The molecule has 4 rings (SSSR count). The van der Waals surface area contributed by atoms with Gasteiger partial charge in [0.2, 0.25) is 5.91 Å². The molecule has 1 heterocycles. The van der Waals surface area contributed by atoms with Crippen molar-refractivity contribution in [3.05, 3.63) is 101 Å². The number of hydrogen-bond donors (Lipinski definition) is 2. The Labute approximate surface area is 242 Å². The highest BCUT2D eigenvalue weighted by atomic mass is 79.9. The van der Waals surface area contributed by atoms with Crippen LogP contribution in [0.4, 0.5) is 16.2 Å². The quantitative estimate of drug-likeness (QED) is 0.170. The third-order valence-electron chi connectivity index (χ3n) is 6.18. The van der Waals surface area contributed by atoms with Crippen LogP contribution in [-0.2, 0) is 16.1 Å². The van der Waals surface area contributed by atoms with Gasteiger partial charge in [0, 0.05) is 30.5 Å². The third-order valence-corrected chi connectivity index (χ3v) is 6.61. The average Bonchev–Trinajstić information content (AvgIpc) is 2.96. The first-order valence-electron chi connectivity index (χ1n) is 13.2. The van der Waals surface area contributed by atoms with Gasteiger partial charge >= 0.3 is 6.09 Å². The number of para-hydroxylation sites is 1. The van der Waals surface area contributed by atoms with Gasteiger partial charge in [-0.2, -0.15) is 0 Å². The minimum Gasteiger partial charge on any atom is -0.447 e. The summed E-state index contributed by atoms with van der Waals surface area (Å²) in [4.78, 5) is 40.0. The molecule has 3 amide bonds. The fourth-order valence-corrected chi connectivity index (χ4v) is 4.84. The zero-order valence-corrected chi connectivity index (χ0v) is 23.9. The molecule has 0 bridgehead atoms. The van der Waals surface area contributed by atoms with Crippen LogP contribution in [0.2, 0.25) is 0 Å². The topological polar surface area (TPSA) is 91.6 Å². The Hall–Kier alpha value is -4.24. The van der Waals surface area contributed by atoms with Crippen molar-refractivity contribution in [3.8, 4) is 0 Å². The zero-order chi connectivity index (χ0) is 28.3. The number of aromatic nitrogens is 1. The van der Waals surface area contributed by atoms with E-state index < -0.39 is 6.09 Å². The Kier molecular flexibility index (Phi) is 10.2. The van der Waals surface area contributed by atoms with E-state index in [4.69, 9.17) is 4.74 Å². The maximum absolute atomic E-state index is 13.5. The molecule has 2 N–H and O–H groups in total. The van der Waals surface area contributed by atoms with Crippen LogP contribution in [-0.4, -0.2) is 37.6 Å². The second-order valence-corrected chi connectivity index (χ2v) is 10.1. The molecule has 0 aliphatic carbocycles. The van der Waals surface area contributed by atoms with Crippen LogP contribution in [0, 0.1) is 0 Å². The van der Waals surface area contributed by atoms with Crippen LogP contribution in [0.3, 0.4) is 0 Å². The molecule has 9 heteroatoms. The largest absolute Gasteiger partial charge is 0.447 e. The van der Waals surface area contributed by atoms with Crippen LogP contribution in [0.1, 0.15) is 30.1 Å². The number of nitrogens with one attached hydrogen (secondary N) is 2. The van der Waals surface area contributed by atoms with Gasteiger partial charge in [0.25, 0.3) is 5.91 Å². The number of ether oxygens (including phenoxy) is 1. The molecule has 8 nitrogen and oxygen atoms in total. The van der Waals surface area contributed by atoms with Gasteiger partial charge in [-0.1, -0.05) is 61.5 Å². The lowest BCUT2D eigenvalue weighted by atomic mass is 10.1. The predicted octanol–water partition coefficient (Wildman–Crippen LogP) is 5.70. The summed E-state index contributed by atoms with van der Waals surface area (Å²) in [5, 5.41) is 7.43. The highest BCUT2D eigenvalue weighted by molar-refractivity contribution is 9.10. The maximum atomic E-state index is 13.5. The average molecular weight is 605 g/mol. The fourth-order valence-electron chi connectivity index (χ4n) is 4.33. The first kappa shape index (κ1) is 28.8. The van der Waals surface area contributed by atoms with Gasteiger partial charge in [0.05, 0.1) is 16.7 Å². The summed E-state index contributed by atoms with van der Waals surface area (Å²) in [7, 11) is 0. The second kappa shape index (κ2) is 14.2. The predicted molar refractivity (Wildman–Crippen MR) is 159 cm³/mol. The molecule has 0 fully saturated rings. The van der Waals surface area contributed by atoms with Crippen molar-refractivity contribution in [2.24, 2.45) is 0 Å². The summed E-state index contributed by atoms with van der Waals surface area (Å²) in [6.07, 6.45) is 4.19. The summed E-state index contributed by atoms with van der Waals surface area (Å²) in [6, 6.07) is 24.4. The van der Waals surface area contributed by atoms with E-state index in [1.807, 2.05) is 89.8 Å². The van der Waals surface area contributed by atoms with Gasteiger partial charge in [-0.3, -0.25) is 14.9 Å². The summed E-state index contributed by atoms with van der Waals surface area (Å²) in [6.45, 7) is 3.22. The molecule has 0 atom stereocenters. The van der Waals surface area contributed by atoms with Crippen molar-refractivity contribution in [2.75, 3.05) is 29.9 Å². The van der Waals surface area contributed by atoms with Crippen LogP contribution < -0.4 is 20.1 Å². The number of hydrogen-bond acceptors (Lipinski definition) is 4. The SMILES string of the molecule is CCC[n+]1cc(Br)cc(C(=O)N(CCC(=O)NCCOC(=O)Nc2cccc3ccccc23)c2ccccc2)c1. The number of anilines is 2. The van der Waals surface area contributed by atoms with Gasteiger partial charge in [-0.05, 0) is 45.6 Å². The first-order valence-corrected chi connectivity index (χ1v) is 14.0. The van der Waals surface area contributed by atoms with Crippen LogP contribution in [0.25, 0.3) is 10.8 Å². The smallest absolute Gasteiger partial charge is 0.411 e. The van der Waals surface area contributed by atoms with Gasteiger partial charge in [0.1, 0.15) is 18.7 Å². The number of carbonyl (C=O) groups excluding carboxylic acids is 3. The number of amides is 3. The van der Waals surface area contributed by atoms with E-state index >= 15 is 0 Å². The number of aryl methyl sites for hydroxylation is 1.